The topological polar surface area (TPSA) is 64.6 Å². The van der Waals surface area contributed by atoms with E-state index in [1.165, 1.54) is 0 Å². The molecule has 1 saturated heterocycles. The Kier molecular flexibility index (Phi) is 3.37. The molecule has 6 nitrogen and oxygen atoms in total. The standard InChI is InChI=1S/C17H17N3O3/c1-11-4-6-18-16(19-11)13-5-7-20(9-13)17(21)12-2-3-14-15(8-12)23-10-22-14/h2-4,6,8,13H,5,7,9-10H2,1H3/t13-/m1/s1. The zero-order valence-corrected chi connectivity index (χ0v) is 12.9. The number of benzene rings is 1. The summed E-state index contributed by atoms with van der Waals surface area (Å²) in [6, 6.07) is 7.20. The molecule has 1 aromatic carbocycles. The van der Waals surface area contributed by atoms with Crippen molar-refractivity contribution in [1.29, 1.82) is 0 Å². The number of aromatic nitrogens is 2. The van der Waals surface area contributed by atoms with Crippen LogP contribution in [0.3, 0.4) is 0 Å². The van der Waals surface area contributed by atoms with Crippen molar-refractivity contribution in [1.82, 2.24) is 14.9 Å². The van der Waals surface area contributed by atoms with E-state index in [-0.39, 0.29) is 18.6 Å². The van der Waals surface area contributed by atoms with Crippen LogP contribution in [0.2, 0.25) is 0 Å². The van der Waals surface area contributed by atoms with Crippen molar-refractivity contribution in [2.24, 2.45) is 0 Å². The first-order valence-electron chi connectivity index (χ1n) is 7.69. The van der Waals surface area contributed by atoms with Crippen LogP contribution in [0.5, 0.6) is 11.5 Å². The molecule has 3 heterocycles. The number of carbonyl (C=O) groups excluding carboxylic acids is 1. The zero-order valence-electron chi connectivity index (χ0n) is 12.9. The van der Waals surface area contributed by atoms with Crippen molar-refractivity contribution in [2.75, 3.05) is 19.9 Å². The summed E-state index contributed by atoms with van der Waals surface area (Å²) in [4.78, 5) is 23.4. The van der Waals surface area contributed by atoms with E-state index in [1.807, 2.05) is 17.9 Å². The lowest BCUT2D eigenvalue weighted by molar-refractivity contribution is 0.0790. The van der Waals surface area contributed by atoms with Crippen LogP contribution < -0.4 is 9.47 Å². The van der Waals surface area contributed by atoms with Crippen molar-refractivity contribution >= 4 is 5.91 Å². The summed E-state index contributed by atoms with van der Waals surface area (Å²) in [5.41, 5.74) is 1.58. The van der Waals surface area contributed by atoms with Gasteiger partial charge in [0.1, 0.15) is 5.82 Å². The van der Waals surface area contributed by atoms with Crippen LogP contribution in [0.1, 0.15) is 34.2 Å². The van der Waals surface area contributed by atoms with Gasteiger partial charge in [0, 0.05) is 36.5 Å². The van der Waals surface area contributed by atoms with Gasteiger partial charge in [0.05, 0.1) is 0 Å². The maximum absolute atomic E-state index is 12.7. The molecule has 0 spiro atoms. The molecule has 118 valence electrons. The first kappa shape index (κ1) is 14.0. The van der Waals surface area contributed by atoms with Crippen LogP contribution in [-0.4, -0.2) is 40.7 Å². The second-order valence-corrected chi connectivity index (χ2v) is 5.86. The van der Waals surface area contributed by atoms with E-state index in [4.69, 9.17) is 9.47 Å². The summed E-state index contributed by atoms with van der Waals surface area (Å²) in [6.45, 7) is 3.53. The Labute approximate surface area is 134 Å². The third-order valence-corrected chi connectivity index (χ3v) is 4.27. The average Bonchev–Trinajstić information content (AvgIpc) is 3.22. The van der Waals surface area contributed by atoms with Crippen LogP contribution in [0.15, 0.2) is 30.5 Å². The van der Waals surface area contributed by atoms with E-state index >= 15 is 0 Å². The molecule has 23 heavy (non-hydrogen) atoms. The molecule has 0 radical (unpaired) electrons. The molecular formula is C17H17N3O3. The molecule has 0 bridgehead atoms. The monoisotopic (exact) mass is 311 g/mol. The minimum atomic E-state index is 0.0125. The molecule has 2 aliphatic heterocycles. The van der Waals surface area contributed by atoms with Crippen LogP contribution in [0.4, 0.5) is 0 Å². The van der Waals surface area contributed by atoms with Gasteiger partial charge in [-0.25, -0.2) is 9.97 Å². The molecule has 6 heteroatoms. The van der Waals surface area contributed by atoms with Crippen molar-refractivity contribution < 1.29 is 14.3 Å². The second kappa shape index (κ2) is 5.53. The van der Waals surface area contributed by atoms with Gasteiger partial charge in [-0.05, 0) is 37.6 Å². The second-order valence-electron chi connectivity index (χ2n) is 5.86. The van der Waals surface area contributed by atoms with Crippen LogP contribution in [-0.2, 0) is 0 Å². The molecule has 1 fully saturated rings. The van der Waals surface area contributed by atoms with Gasteiger partial charge in [0.2, 0.25) is 6.79 Å². The van der Waals surface area contributed by atoms with Gasteiger partial charge in [0.25, 0.3) is 5.91 Å². The number of hydrogen-bond acceptors (Lipinski definition) is 5. The van der Waals surface area contributed by atoms with E-state index in [9.17, 15) is 4.79 Å². The fraction of sp³-hybridized carbons (Fsp3) is 0.353. The number of likely N-dealkylation sites (tertiary alicyclic amines) is 1. The van der Waals surface area contributed by atoms with E-state index in [0.29, 0.717) is 23.6 Å². The number of fused-ring (bicyclic) bond motifs is 1. The molecule has 2 aliphatic rings. The first-order chi connectivity index (χ1) is 11.2. The fourth-order valence-electron chi connectivity index (χ4n) is 3.03. The normalized spacial score (nSPS) is 19.2. The molecule has 0 aliphatic carbocycles. The first-order valence-corrected chi connectivity index (χ1v) is 7.69. The molecule has 2 aromatic rings. The minimum Gasteiger partial charge on any atom is -0.454 e. The lowest BCUT2D eigenvalue weighted by Gasteiger charge is -2.16. The Hall–Kier alpha value is -2.63. The predicted molar refractivity (Wildman–Crippen MR) is 82.6 cm³/mol. The van der Waals surface area contributed by atoms with Gasteiger partial charge in [0.15, 0.2) is 11.5 Å². The SMILES string of the molecule is Cc1ccnc([C@@H]2CCN(C(=O)c3ccc4c(c3)OCO4)C2)n1. The predicted octanol–water partition coefficient (Wildman–Crippen LogP) is 2.14. The van der Waals surface area contributed by atoms with Crippen LogP contribution in [0.25, 0.3) is 0 Å². The van der Waals surface area contributed by atoms with E-state index in [1.54, 1.807) is 24.4 Å². The Bertz CT molecular complexity index is 762. The molecule has 1 atom stereocenters. The van der Waals surface area contributed by atoms with Gasteiger partial charge in [-0.1, -0.05) is 0 Å². The van der Waals surface area contributed by atoms with E-state index < -0.39 is 0 Å². The van der Waals surface area contributed by atoms with Crippen LogP contribution >= 0.6 is 0 Å². The van der Waals surface area contributed by atoms with Crippen molar-refractivity contribution in [2.45, 2.75) is 19.3 Å². The highest BCUT2D eigenvalue weighted by molar-refractivity contribution is 5.95. The molecule has 0 unspecified atom stereocenters. The number of nitrogens with zero attached hydrogens (tertiary/aromatic N) is 3. The van der Waals surface area contributed by atoms with Gasteiger partial charge < -0.3 is 14.4 Å². The van der Waals surface area contributed by atoms with E-state index in [2.05, 4.69) is 9.97 Å². The maximum atomic E-state index is 12.7. The number of rotatable bonds is 2. The molecule has 0 N–H and O–H groups in total. The minimum absolute atomic E-state index is 0.0125. The molecular weight excluding hydrogens is 294 g/mol. The third kappa shape index (κ3) is 2.60. The molecule has 0 saturated carbocycles. The fourth-order valence-corrected chi connectivity index (χ4v) is 3.03. The summed E-state index contributed by atoms with van der Waals surface area (Å²) in [5, 5.41) is 0. The van der Waals surface area contributed by atoms with Crippen molar-refractivity contribution in [3.05, 3.63) is 47.5 Å². The quantitative estimate of drug-likeness (QED) is 0.850. The lowest BCUT2D eigenvalue weighted by Crippen LogP contribution is -2.28. The highest BCUT2D eigenvalue weighted by Gasteiger charge is 2.30. The molecule has 4 rings (SSSR count). The summed E-state index contributed by atoms with van der Waals surface area (Å²) in [7, 11) is 0. The number of ether oxygens (including phenoxy) is 2. The van der Waals surface area contributed by atoms with Gasteiger partial charge in [-0.15, -0.1) is 0 Å². The highest BCUT2D eigenvalue weighted by Crippen LogP contribution is 2.33. The number of hydrogen-bond donors (Lipinski definition) is 0. The Morgan fingerprint density at radius 1 is 1.26 bits per heavy atom. The van der Waals surface area contributed by atoms with Crippen molar-refractivity contribution in [3.63, 3.8) is 0 Å². The van der Waals surface area contributed by atoms with E-state index in [0.717, 1.165) is 24.5 Å². The summed E-state index contributed by atoms with van der Waals surface area (Å²) in [5.74, 6) is 2.36. The summed E-state index contributed by atoms with van der Waals surface area (Å²) >= 11 is 0. The number of amides is 1. The third-order valence-electron chi connectivity index (χ3n) is 4.27. The smallest absolute Gasteiger partial charge is 0.254 e. The lowest BCUT2D eigenvalue weighted by atomic mass is 10.1. The Morgan fingerprint density at radius 2 is 2.13 bits per heavy atom. The van der Waals surface area contributed by atoms with Crippen LogP contribution in [0, 0.1) is 6.92 Å². The largest absolute Gasteiger partial charge is 0.454 e. The number of aryl methyl sites for hydroxylation is 1. The molecule has 1 aromatic heterocycles. The van der Waals surface area contributed by atoms with Gasteiger partial charge in [-0.2, -0.15) is 0 Å². The number of carbonyl (C=O) groups is 1. The highest BCUT2D eigenvalue weighted by atomic mass is 16.7. The molecule has 1 amide bonds. The average molecular weight is 311 g/mol. The Morgan fingerprint density at radius 3 is 3.00 bits per heavy atom. The van der Waals surface area contributed by atoms with Gasteiger partial charge in [-0.3, -0.25) is 4.79 Å². The zero-order chi connectivity index (χ0) is 15.8. The summed E-state index contributed by atoms with van der Waals surface area (Å²) in [6.07, 6.45) is 2.67. The Balaban J connectivity index is 1.50. The maximum Gasteiger partial charge on any atom is 0.254 e. The van der Waals surface area contributed by atoms with Gasteiger partial charge >= 0.3 is 0 Å². The summed E-state index contributed by atoms with van der Waals surface area (Å²) < 4.78 is 10.6. The van der Waals surface area contributed by atoms with Crippen molar-refractivity contribution in [3.8, 4) is 11.5 Å².